The van der Waals surface area contributed by atoms with E-state index in [1.807, 2.05) is 11.4 Å². The fraction of sp³-hybridized carbons (Fsp3) is 0.154. The van der Waals surface area contributed by atoms with Crippen LogP contribution in [0.15, 0.2) is 41.8 Å². The predicted octanol–water partition coefficient (Wildman–Crippen LogP) is 2.74. The number of carbonyl (C=O) groups is 1. The third kappa shape index (κ3) is 3.42. The lowest BCUT2D eigenvalue weighted by Crippen LogP contribution is -2.14. The summed E-state index contributed by atoms with van der Waals surface area (Å²) in [5.41, 5.74) is 1.01. The Labute approximate surface area is 116 Å². The monoisotopic (exact) mass is 295 g/mol. The first-order valence-corrected chi connectivity index (χ1v) is 8.24. The molecule has 0 aliphatic heterocycles. The number of ketones is 1. The molecule has 1 aromatic carbocycles. The highest BCUT2D eigenvalue weighted by Crippen LogP contribution is 2.17. The fourth-order valence-corrected chi connectivity index (χ4v) is 2.82. The first-order valence-electron chi connectivity index (χ1n) is 5.70. The Bertz CT molecular complexity index is 658. The zero-order valence-corrected chi connectivity index (χ0v) is 11.9. The third-order valence-corrected chi connectivity index (χ3v) is 4.72. The highest BCUT2D eigenvalue weighted by atomic mass is 32.2. The van der Waals surface area contributed by atoms with Crippen molar-refractivity contribution >= 4 is 32.8 Å². The van der Waals surface area contributed by atoms with E-state index in [0.717, 1.165) is 0 Å². The maximum absolute atomic E-state index is 12.0. The molecule has 0 aliphatic rings. The van der Waals surface area contributed by atoms with Gasteiger partial charge in [-0.05, 0) is 42.6 Å². The second-order valence-electron chi connectivity index (χ2n) is 3.89. The summed E-state index contributed by atoms with van der Waals surface area (Å²) in [6.45, 7) is 1.57. The largest absolute Gasteiger partial charge is 0.288 e. The van der Waals surface area contributed by atoms with Crippen molar-refractivity contribution in [2.75, 3.05) is 10.5 Å². The van der Waals surface area contributed by atoms with E-state index >= 15 is 0 Å². The molecule has 0 bridgehead atoms. The van der Waals surface area contributed by atoms with Crippen LogP contribution in [-0.2, 0) is 10.0 Å². The first-order chi connectivity index (χ1) is 9.02. The molecule has 0 fully saturated rings. The van der Waals surface area contributed by atoms with E-state index in [1.165, 1.54) is 11.3 Å². The maximum atomic E-state index is 12.0. The lowest BCUT2D eigenvalue weighted by Gasteiger charge is -2.06. The van der Waals surface area contributed by atoms with Crippen molar-refractivity contribution in [3.05, 3.63) is 52.2 Å². The van der Waals surface area contributed by atoms with Crippen LogP contribution in [0.5, 0.6) is 0 Å². The molecular formula is C13H13NO3S2. The van der Waals surface area contributed by atoms with Gasteiger partial charge in [0, 0.05) is 11.3 Å². The second-order valence-corrected chi connectivity index (χ2v) is 6.85. The maximum Gasteiger partial charge on any atom is 0.232 e. The molecule has 19 heavy (non-hydrogen) atoms. The minimum atomic E-state index is -3.28. The fourth-order valence-electron chi connectivity index (χ4n) is 1.49. The zero-order valence-electron chi connectivity index (χ0n) is 10.3. The lowest BCUT2D eigenvalue weighted by molar-refractivity contribution is 0.104. The highest BCUT2D eigenvalue weighted by Gasteiger charge is 2.11. The van der Waals surface area contributed by atoms with Crippen molar-refractivity contribution in [3.8, 4) is 0 Å². The van der Waals surface area contributed by atoms with Gasteiger partial charge in [0.2, 0.25) is 15.8 Å². The van der Waals surface area contributed by atoms with Gasteiger partial charge in [-0.2, -0.15) is 0 Å². The molecule has 0 saturated carbocycles. The number of carbonyl (C=O) groups excluding carboxylic acids is 1. The van der Waals surface area contributed by atoms with E-state index in [1.54, 1.807) is 37.3 Å². The van der Waals surface area contributed by atoms with Crippen LogP contribution < -0.4 is 4.72 Å². The lowest BCUT2D eigenvalue weighted by atomic mass is 10.1. The van der Waals surface area contributed by atoms with Crippen LogP contribution in [0.3, 0.4) is 0 Å². The Balaban J connectivity index is 2.17. The molecule has 0 atom stereocenters. The molecule has 4 nitrogen and oxygen atoms in total. The van der Waals surface area contributed by atoms with Gasteiger partial charge in [-0.3, -0.25) is 9.52 Å². The van der Waals surface area contributed by atoms with Crippen molar-refractivity contribution in [1.82, 2.24) is 0 Å². The molecule has 0 amide bonds. The van der Waals surface area contributed by atoms with Crippen LogP contribution in [0.4, 0.5) is 5.69 Å². The van der Waals surface area contributed by atoms with Crippen molar-refractivity contribution < 1.29 is 13.2 Å². The van der Waals surface area contributed by atoms with E-state index in [2.05, 4.69) is 4.72 Å². The van der Waals surface area contributed by atoms with Gasteiger partial charge in [0.25, 0.3) is 0 Å². The molecule has 0 saturated heterocycles. The number of anilines is 1. The van der Waals surface area contributed by atoms with Crippen molar-refractivity contribution in [2.45, 2.75) is 6.92 Å². The van der Waals surface area contributed by atoms with Crippen molar-refractivity contribution in [2.24, 2.45) is 0 Å². The van der Waals surface area contributed by atoms with Crippen molar-refractivity contribution in [3.63, 3.8) is 0 Å². The zero-order chi connectivity index (χ0) is 13.9. The molecule has 0 spiro atoms. The highest BCUT2D eigenvalue weighted by molar-refractivity contribution is 7.92. The normalized spacial score (nSPS) is 11.2. The summed E-state index contributed by atoms with van der Waals surface area (Å²) in [6, 6.07) is 10.0. The average Bonchev–Trinajstić information content (AvgIpc) is 2.92. The number of hydrogen-bond donors (Lipinski definition) is 1. The van der Waals surface area contributed by atoms with Crippen LogP contribution in [-0.4, -0.2) is 20.0 Å². The van der Waals surface area contributed by atoms with Crippen LogP contribution in [0.25, 0.3) is 0 Å². The summed E-state index contributed by atoms with van der Waals surface area (Å²) in [6.07, 6.45) is 0. The Morgan fingerprint density at radius 1 is 1.21 bits per heavy atom. The van der Waals surface area contributed by atoms with Crippen LogP contribution in [0.2, 0.25) is 0 Å². The third-order valence-electron chi connectivity index (χ3n) is 2.55. The molecule has 2 aromatic rings. The smallest absolute Gasteiger partial charge is 0.232 e. The summed E-state index contributed by atoms with van der Waals surface area (Å²) < 4.78 is 25.2. The van der Waals surface area contributed by atoms with Gasteiger partial charge in [-0.1, -0.05) is 6.07 Å². The summed E-state index contributed by atoms with van der Waals surface area (Å²) in [5.74, 6) is -0.0389. The Kier molecular flexibility index (Phi) is 4.01. The molecule has 1 aromatic heterocycles. The Hall–Kier alpha value is -1.66. The molecular weight excluding hydrogens is 282 g/mol. The summed E-state index contributed by atoms with van der Waals surface area (Å²) >= 11 is 1.38. The van der Waals surface area contributed by atoms with Gasteiger partial charge in [0.15, 0.2) is 0 Å². The quantitative estimate of drug-likeness (QED) is 0.863. The minimum Gasteiger partial charge on any atom is -0.288 e. The molecule has 2 rings (SSSR count). The molecule has 0 radical (unpaired) electrons. The van der Waals surface area contributed by atoms with E-state index in [4.69, 9.17) is 0 Å². The van der Waals surface area contributed by atoms with Crippen LogP contribution in [0, 0.1) is 0 Å². The SMILES string of the molecule is CCS(=O)(=O)Nc1ccc(C(=O)c2cccs2)cc1. The second kappa shape index (κ2) is 5.54. The van der Waals surface area contributed by atoms with E-state index < -0.39 is 10.0 Å². The Morgan fingerprint density at radius 3 is 2.42 bits per heavy atom. The van der Waals surface area contributed by atoms with Gasteiger partial charge in [-0.15, -0.1) is 11.3 Å². The molecule has 0 aliphatic carbocycles. The number of hydrogen-bond acceptors (Lipinski definition) is 4. The van der Waals surface area contributed by atoms with Crippen LogP contribution >= 0.6 is 11.3 Å². The molecule has 100 valence electrons. The van der Waals surface area contributed by atoms with Gasteiger partial charge >= 0.3 is 0 Å². The number of benzene rings is 1. The van der Waals surface area contributed by atoms with E-state index in [0.29, 0.717) is 16.1 Å². The predicted molar refractivity (Wildman–Crippen MR) is 77.3 cm³/mol. The first kappa shape index (κ1) is 13.8. The molecule has 0 unspecified atom stereocenters. The molecule has 1 heterocycles. The Morgan fingerprint density at radius 2 is 1.89 bits per heavy atom. The average molecular weight is 295 g/mol. The minimum absolute atomic E-state index is 0.0167. The summed E-state index contributed by atoms with van der Waals surface area (Å²) in [4.78, 5) is 12.7. The van der Waals surface area contributed by atoms with Gasteiger partial charge in [-0.25, -0.2) is 8.42 Å². The van der Waals surface area contributed by atoms with Gasteiger partial charge in [0.1, 0.15) is 0 Å². The molecule has 1 N–H and O–H groups in total. The number of thiophene rings is 1. The molecule has 6 heteroatoms. The topological polar surface area (TPSA) is 63.2 Å². The van der Waals surface area contributed by atoms with Crippen LogP contribution in [0.1, 0.15) is 22.2 Å². The van der Waals surface area contributed by atoms with E-state index in [9.17, 15) is 13.2 Å². The number of nitrogens with one attached hydrogen (secondary N) is 1. The number of rotatable bonds is 5. The summed E-state index contributed by atoms with van der Waals surface area (Å²) in [5, 5.41) is 1.84. The van der Waals surface area contributed by atoms with Crippen molar-refractivity contribution in [1.29, 1.82) is 0 Å². The van der Waals surface area contributed by atoms with E-state index in [-0.39, 0.29) is 11.5 Å². The number of sulfonamides is 1. The van der Waals surface area contributed by atoms with Gasteiger partial charge < -0.3 is 0 Å². The summed E-state index contributed by atoms with van der Waals surface area (Å²) in [7, 11) is -3.28. The standard InChI is InChI=1S/C13H13NO3S2/c1-2-19(16,17)14-11-7-5-10(6-8-11)13(15)12-4-3-9-18-12/h3-9,14H,2H2,1H3. The van der Waals surface area contributed by atoms with Gasteiger partial charge in [0.05, 0.1) is 10.6 Å².